The lowest BCUT2D eigenvalue weighted by Gasteiger charge is -2.06. The minimum absolute atomic E-state index is 0.229. The number of ether oxygens (including phenoxy) is 2. The molecule has 26 heavy (non-hydrogen) atoms. The van der Waals surface area contributed by atoms with Crippen LogP contribution in [0.2, 0.25) is 0 Å². The number of carbonyl (C=O) groups is 2. The summed E-state index contributed by atoms with van der Waals surface area (Å²) < 4.78 is 10.5. The number of hydrazone groups is 1. The Morgan fingerprint density at radius 3 is 2.50 bits per heavy atom. The molecule has 0 fully saturated rings. The number of carbonyl (C=O) groups excluding carboxylic acids is 2. The number of nitrogens with one attached hydrogen (secondary N) is 2. The van der Waals surface area contributed by atoms with Gasteiger partial charge in [-0.1, -0.05) is 24.3 Å². The molecule has 2 rings (SSSR count). The van der Waals surface area contributed by atoms with Crippen LogP contribution in [-0.2, 0) is 16.1 Å². The van der Waals surface area contributed by atoms with Crippen molar-refractivity contribution < 1.29 is 19.1 Å². The first-order valence-corrected chi connectivity index (χ1v) is 8.10. The fourth-order valence-electron chi connectivity index (χ4n) is 2.09. The molecule has 7 heteroatoms. The van der Waals surface area contributed by atoms with Crippen molar-refractivity contribution in [1.29, 1.82) is 0 Å². The predicted molar refractivity (Wildman–Crippen MR) is 98.2 cm³/mol. The summed E-state index contributed by atoms with van der Waals surface area (Å²) in [5.41, 5.74) is 3.75. The number of para-hydroxylation sites is 1. The van der Waals surface area contributed by atoms with Gasteiger partial charge < -0.3 is 14.8 Å². The summed E-state index contributed by atoms with van der Waals surface area (Å²) in [6, 6.07) is 14.4. The molecule has 0 heterocycles. The van der Waals surface area contributed by atoms with E-state index in [0.29, 0.717) is 17.9 Å². The van der Waals surface area contributed by atoms with Crippen molar-refractivity contribution in [2.75, 3.05) is 13.7 Å². The van der Waals surface area contributed by atoms with E-state index in [0.717, 1.165) is 11.3 Å². The van der Waals surface area contributed by atoms with Crippen LogP contribution in [0.5, 0.6) is 11.5 Å². The van der Waals surface area contributed by atoms with Crippen LogP contribution in [0.3, 0.4) is 0 Å². The molecule has 0 aliphatic rings. The van der Waals surface area contributed by atoms with Crippen LogP contribution in [0.1, 0.15) is 18.1 Å². The Balaban J connectivity index is 1.84. The van der Waals surface area contributed by atoms with Crippen LogP contribution >= 0.6 is 0 Å². The maximum atomic E-state index is 11.8. The summed E-state index contributed by atoms with van der Waals surface area (Å²) in [6.07, 6.45) is 1.43. The van der Waals surface area contributed by atoms with E-state index in [-0.39, 0.29) is 6.54 Å². The minimum Gasteiger partial charge on any atom is -0.497 e. The summed E-state index contributed by atoms with van der Waals surface area (Å²) in [5.74, 6) is -0.240. The molecule has 136 valence electrons. The van der Waals surface area contributed by atoms with Crippen molar-refractivity contribution in [1.82, 2.24) is 10.7 Å². The third kappa shape index (κ3) is 5.62. The Labute approximate surface area is 152 Å². The first-order valence-electron chi connectivity index (χ1n) is 8.10. The van der Waals surface area contributed by atoms with E-state index in [1.807, 2.05) is 19.1 Å². The molecular formula is C19H21N3O4. The molecule has 2 amide bonds. The fraction of sp³-hybridized carbons (Fsp3) is 0.211. The molecular weight excluding hydrogens is 334 g/mol. The van der Waals surface area contributed by atoms with Crippen molar-refractivity contribution in [2.45, 2.75) is 13.5 Å². The van der Waals surface area contributed by atoms with Gasteiger partial charge in [0, 0.05) is 12.1 Å². The molecule has 0 saturated heterocycles. The Bertz CT molecular complexity index is 773. The third-order valence-corrected chi connectivity index (χ3v) is 3.41. The topological polar surface area (TPSA) is 89.0 Å². The molecule has 0 aromatic heterocycles. The van der Waals surface area contributed by atoms with Gasteiger partial charge in [0.2, 0.25) is 0 Å². The van der Waals surface area contributed by atoms with Gasteiger partial charge in [-0.15, -0.1) is 0 Å². The van der Waals surface area contributed by atoms with Crippen LogP contribution in [0.25, 0.3) is 0 Å². The zero-order valence-corrected chi connectivity index (χ0v) is 14.7. The number of nitrogens with zero attached hydrogens (tertiary/aromatic N) is 1. The number of rotatable bonds is 7. The van der Waals surface area contributed by atoms with Crippen LogP contribution in [-0.4, -0.2) is 31.7 Å². The van der Waals surface area contributed by atoms with Gasteiger partial charge in [0.1, 0.15) is 11.5 Å². The normalized spacial score (nSPS) is 10.4. The molecule has 2 aromatic rings. The number of amides is 2. The lowest BCUT2D eigenvalue weighted by Crippen LogP contribution is -2.37. The zero-order chi connectivity index (χ0) is 18.8. The highest BCUT2D eigenvalue weighted by Crippen LogP contribution is 2.15. The lowest BCUT2D eigenvalue weighted by atomic mass is 10.2. The van der Waals surface area contributed by atoms with E-state index in [1.165, 1.54) is 6.21 Å². The van der Waals surface area contributed by atoms with Crippen LogP contribution in [0.4, 0.5) is 0 Å². The van der Waals surface area contributed by atoms with Crippen molar-refractivity contribution in [2.24, 2.45) is 5.10 Å². The number of benzene rings is 2. The second kappa shape index (κ2) is 9.83. The monoisotopic (exact) mass is 355 g/mol. The molecule has 0 spiro atoms. The highest BCUT2D eigenvalue weighted by Gasteiger charge is 2.12. The molecule has 0 unspecified atom stereocenters. The smallest absolute Gasteiger partial charge is 0.329 e. The van der Waals surface area contributed by atoms with Crippen molar-refractivity contribution >= 4 is 18.0 Å². The minimum atomic E-state index is -0.844. The van der Waals surface area contributed by atoms with Gasteiger partial charge in [-0.3, -0.25) is 9.59 Å². The zero-order valence-electron chi connectivity index (χ0n) is 14.7. The molecule has 0 bridgehead atoms. The molecule has 0 aliphatic carbocycles. The Morgan fingerprint density at radius 2 is 1.81 bits per heavy atom. The first kappa shape index (κ1) is 19.0. The van der Waals surface area contributed by atoms with E-state index in [4.69, 9.17) is 9.47 Å². The summed E-state index contributed by atoms with van der Waals surface area (Å²) in [6.45, 7) is 2.63. The van der Waals surface area contributed by atoms with E-state index in [1.54, 1.807) is 43.5 Å². The first-order chi connectivity index (χ1) is 12.6. The van der Waals surface area contributed by atoms with Crippen molar-refractivity contribution in [3.63, 3.8) is 0 Å². The van der Waals surface area contributed by atoms with Crippen molar-refractivity contribution in [3.05, 3.63) is 59.7 Å². The van der Waals surface area contributed by atoms with Crippen LogP contribution in [0.15, 0.2) is 53.6 Å². The van der Waals surface area contributed by atoms with Gasteiger partial charge >= 0.3 is 11.8 Å². The van der Waals surface area contributed by atoms with Crippen LogP contribution in [0, 0.1) is 0 Å². The van der Waals surface area contributed by atoms with E-state index in [2.05, 4.69) is 15.8 Å². The summed E-state index contributed by atoms with van der Waals surface area (Å²) in [7, 11) is 1.58. The molecule has 2 N–H and O–H groups in total. The van der Waals surface area contributed by atoms with Gasteiger partial charge in [0.15, 0.2) is 0 Å². The Hall–Kier alpha value is -3.35. The molecule has 0 aliphatic heterocycles. The molecule has 2 aromatic carbocycles. The molecule has 7 nitrogen and oxygen atoms in total. The molecule has 0 atom stereocenters. The van der Waals surface area contributed by atoms with Gasteiger partial charge in [-0.2, -0.15) is 5.10 Å². The van der Waals surface area contributed by atoms with Gasteiger partial charge in [0.25, 0.3) is 0 Å². The van der Waals surface area contributed by atoms with E-state index in [9.17, 15) is 9.59 Å². The quantitative estimate of drug-likeness (QED) is 0.451. The summed E-state index contributed by atoms with van der Waals surface area (Å²) in [5, 5.41) is 6.33. The standard InChI is InChI=1S/C19H21N3O4/c1-3-26-17-7-5-4-6-15(17)13-21-22-19(24)18(23)20-12-14-8-10-16(25-2)11-9-14/h4-11,13H,3,12H2,1-2H3,(H,20,23)(H,22,24)/b21-13+. The maximum absolute atomic E-state index is 11.8. The number of hydrogen-bond acceptors (Lipinski definition) is 5. The number of methoxy groups -OCH3 is 1. The molecule has 0 saturated carbocycles. The Kier molecular flexibility index (Phi) is 7.17. The van der Waals surface area contributed by atoms with Gasteiger partial charge in [-0.05, 0) is 36.8 Å². The third-order valence-electron chi connectivity index (χ3n) is 3.41. The summed E-state index contributed by atoms with van der Waals surface area (Å²) in [4.78, 5) is 23.6. The second-order valence-corrected chi connectivity index (χ2v) is 5.20. The van der Waals surface area contributed by atoms with Gasteiger partial charge in [0.05, 0.1) is 19.9 Å². The highest BCUT2D eigenvalue weighted by atomic mass is 16.5. The largest absolute Gasteiger partial charge is 0.497 e. The van der Waals surface area contributed by atoms with Crippen molar-refractivity contribution in [3.8, 4) is 11.5 Å². The second-order valence-electron chi connectivity index (χ2n) is 5.20. The fourth-order valence-corrected chi connectivity index (χ4v) is 2.09. The van der Waals surface area contributed by atoms with E-state index >= 15 is 0 Å². The number of hydrogen-bond donors (Lipinski definition) is 2. The predicted octanol–water partition coefficient (Wildman–Crippen LogP) is 1.86. The highest BCUT2D eigenvalue weighted by molar-refractivity contribution is 6.35. The van der Waals surface area contributed by atoms with Crippen LogP contribution < -0.4 is 20.2 Å². The maximum Gasteiger partial charge on any atom is 0.329 e. The summed E-state index contributed by atoms with van der Waals surface area (Å²) >= 11 is 0. The SMILES string of the molecule is CCOc1ccccc1/C=N/NC(=O)C(=O)NCc1ccc(OC)cc1. The van der Waals surface area contributed by atoms with E-state index < -0.39 is 11.8 Å². The molecule has 0 radical (unpaired) electrons. The lowest BCUT2D eigenvalue weighted by molar-refractivity contribution is -0.139. The average molecular weight is 355 g/mol. The Morgan fingerprint density at radius 1 is 1.08 bits per heavy atom. The average Bonchev–Trinajstić information content (AvgIpc) is 2.68. The van der Waals surface area contributed by atoms with Gasteiger partial charge in [-0.25, -0.2) is 5.43 Å².